The molecule has 356 valence electrons. The van der Waals surface area contributed by atoms with Gasteiger partial charge in [-0.15, -0.1) is 0 Å². The minimum Gasteiger partial charge on any atom is -0.481 e. The first-order valence-electron chi connectivity index (χ1n) is 19.3. The lowest BCUT2D eigenvalue weighted by Gasteiger charge is -2.30. The number of imidazole rings is 1. The number of nitrogens with one attached hydrogen (secondary N) is 2. The van der Waals surface area contributed by atoms with E-state index in [1.54, 1.807) is 0 Å². The number of anilines is 1. The van der Waals surface area contributed by atoms with Gasteiger partial charge in [-0.25, -0.2) is 28.6 Å². The number of hydrogen-bond acceptors (Lipinski definition) is 19. The lowest BCUT2D eigenvalue weighted by Crippen LogP contribution is -2.46. The van der Waals surface area contributed by atoms with Gasteiger partial charge in [0.05, 0.1) is 19.5 Å². The van der Waals surface area contributed by atoms with Crippen molar-refractivity contribution in [1.82, 2.24) is 30.2 Å². The second kappa shape index (κ2) is 24.9. The third-order valence-electron chi connectivity index (χ3n) is 8.94. The van der Waals surface area contributed by atoms with Gasteiger partial charge in [0, 0.05) is 43.5 Å². The van der Waals surface area contributed by atoms with Crippen molar-refractivity contribution in [2.24, 2.45) is 5.41 Å². The van der Waals surface area contributed by atoms with Gasteiger partial charge in [0.2, 0.25) is 11.8 Å². The summed E-state index contributed by atoms with van der Waals surface area (Å²) in [6.07, 6.45) is 2.19. The van der Waals surface area contributed by atoms with Gasteiger partial charge < -0.3 is 56.0 Å². The summed E-state index contributed by atoms with van der Waals surface area (Å²) in [4.78, 5) is 98.5. The third-order valence-corrected chi connectivity index (χ3v) is 13.0. The SMILES string of the molecule is CC(C)(COP(=O)(O)OP(=O)(O)OCC1OC(n2cnc3c(N)ncnc32)C(O)C1OP(=O)(O)O)C(O)C(=O)NCCC(=O)NCCSC(=O)CCCCC/C=C/CCCC(=O)O. The molecule has 3 rings (SSSR count). The number of aromatic nitrogens is 4. The Balaban J connectivity index is 1.36. The van der Waals surface area contributed by atoms with Crippen LogP contribution in [0, 0.1) is 5.41 Å². The number of thioether (sulfide) groups is 1. The summed E-state index contributed by atoms with van der Waals surface area (Å²) < 4.78 is 62.2. The molecule has 1 aliphatic heterocycles. The van der Waals surface area contributed by atoms with E-state index in [4.69, 9.17) is 24.6 Å². The van der Waals surface area contributed by atoms with Gasteiger partial charge in [-0.1, -0.05) is 44.2 Å². The Morgan fingerprint density at radius 2 is 1.63 bits per heavy atom. The number of nitrogens with zero attached hydrogens (tertiary/aromatic N) is 4. The summed E-state index contributed by atoms with van der Waals surface area (Å²) in [5.74, 6) is -1.96. The Morgan fingerprint density at radius 1 is 0.952 bits per heavy atom. The number of unbranched alkanes of at least 4 members (excludes halogenated alkanes) is 4. The number of allylic oxidation sites excluding steroid dienone is 2. The van der Waals surface area contributed by atoms with Crippen LogP contribution in [0.2, 0.25) is 0 Å². The number of carbonyl (C=O) groups is 4. The van der Waals surface area contributed by atoms with E-state index in [0.29, 0.717) is 25.0 Å². The molecule has 1 saturated heterocycles. The smallest absolute Gasteiger partial charge is 0.481 e. The minimum atomic E-state index is -5.58. The number of aliphatic hydroxyl groups is 2. The first-order valence-corrected chi connectivity index (χ1v) is 24.8. The molecule has 0 aliphatic carbocycles. The van der Waals surface area contributed by atoms with E-state index in [1.807, 2.05) is 12.2 Å². The molecule has 2 aromatic heterocycles. The second-order valence-corrected chi connectivity index (χ2v) is 20.0. The molecular weight excluding hydrogens is 923 g/mol. The number of nitrogen functional groups attached to an aromatic ring is 1. The van der Waals surface area contributed by atoms with Gasteiger partial charge in [0.25, 0.3) is 0 Å². The Labute approximate surface area is 365 Å². The number of carbonyl (C=O) groups excluding carboxylic acids is 3. The maximum absolute atomic E-state index is 12.7. The first-order chi connectivity index (χ1) is 29.4. The number of phosphoric acid groups is 3. The van der Waals surface area contributed by atoms with E-state index in [1.165, 1.54) is 13.8 Å². The molecule has 0 spiro atoms. The van der Waals surface area contributed by atoms with Gasteiger partial charge in [0.1, 0.15) is 36.3 Å². The van der Waals surface area contributed by atoms with E-state index in [9.17, 15) is 62.7 Å². The van der Waals surface area contributed by atoms with Gasteiger partial charge in [-0.05, 0) is 32.1 Å². The zero-order chi connectivity index (χ0) is 47.0. The van der Waals surface area contributed by atoms with Crippen molar-refractivity contribution in [2.75, 3.05) is 37.8 Å². The van der Waals surface area contributed by atoms with Gasteiger partial charge in [0.15, 0.2) is 22.8 Å². The Kier molecular flexibility index (Phi) is 21.4. The van der Waals surface area contributed by atoms with Crippen LogP contribution in [0.5, 0.6) is 0 Å². The molecule has 3 heterocycles. The fourth-order valence-electron chi connectivity index (χ4n) is 5.68. The molecule has 63 heavy (non-hydrogen) atoms. The molecule has 7 atom stereocenters. The average molecular weight is 978 g/mol. The molecule has 2 amide bonds. The number of phosphoric ester groups is 3. The number of ether oxygens (including phenoxy) is 1. The zero-order valence-electron chi connectivity index (χ0n) is 34.2. The molecule has 7 unspecified atom stereocenters. The highest BCUT2D eigenvalue weighted by atomic mass is 32.2. The number of nitrogens with two attached hydrogens (primary N) is 1. The van der Waals surface area contributed by atoms with Crippen LogP contribution in [0.4, 0.5) is 5.82 Å². The van der Waals surface area contributed by atoms with Crippen molar-refractivity contribution in [3.63, 3.8) is 0 Å². The zero-order valence-corrected chi connectivity index (χ0v) is 37.7. The van der Waals surface area contributed by atoms with Crippen LogP contribution in [-0.4, -0.2) is 134 Å². The number of amides is 2. The van der Waals surface area contributed by atoms with Crippen molar-refractivity contribution >= 4 is 75.1 Å². The molecule has 30 heteroatoms. The average Bonchev–Trinajstić information content (AvgIpc) is 3.75. The third kappa shape index (κ3) is 19.0. The Morgan fingerprint density at radius 3 is 2.32 bits per heavy atom. The van der Waals surface area contributed by atoms with E-state index in [2.05, 4.69) is 34.4 Å². The van der Waals surface area contributed by atoms with Gasteiger partial charge in [-0.3, -0.25) is 37.3 Å². The van der Waals surface area contributed by atoms with Crippen LogP contribution in [0.1, 0.15) is 77.9 Å². The summed E-state index contributed by atoms with van der Waals surface area (Å²) in [6.45, 7) is 0.436. The molecule has 0 saturated carbocycles. The highest BCUT2D eigenvalue weighted by Crippen LogP contribution is 2.61. The monoisotopic (exact) mass is 977 g/mol. The Bertz CT molecular complexity index is 2040. The lowest BCUT2D eigenvalue weighted by atomic mass is 9.87. The maximum atomic E-state index is 12.7. The number of carboxylic acids is 1. The summed E-state index contributed by atoms with van der Waals surface area (Å²) in [5, 5.41) is 35.1. The molecule has 1 fully saturated rings. The number of carboxylic acid groups (broad SMARTS) is 1. The standard InChI is InChI=1S/C33H54N7O19P3S/c1-33(2,28(46)31(47)36-14-13-22(41)35-15-16-63-24(44)12-10-8-6-4-3-5-7-9-11-23(42)43)18-56-62(53,54)59-61(51,52)55-17-21-27(58-60(48,49)50)26(45)32(57-21)40-20-39-25-29(34)37-19-38-30(25)40/h3,5,19-21,26-28,32,45-46H,4,6-18H2,1-2H3,(H,35,41)(H,36,47)(H,42,43)(H,51,52)(H,53,54)(H2,34,37,38)(H2,48,49,50)/b5-3+. The minimum absolute atomic E-state index is 0.00890. The highest BCUT2D eigenvalue weighted by Gasteiger charge is 2.50. The van der Waals surface area contributed by atoms with Gasteiger partial charge in [-0.2, -0.15) is 4.31 Å². The number of fused-ring (bicyclic) bond motifs is 1. The molecule has 1 aliphatic rings. The second-order valence-electron chi connectivity index (χ2n) is 14.6. The normalized spacial score (nSPS) is 20.6. The first kappa shape index (κ1) is 54.1. The summed E-state index contributed by atoms with van der Waals surface area (Å²) in [7, 11) is -16.4. The van der Waals surface area contributed by atoms with Crippen molar-refractivity contribution in [2.45, 2.75) is 102 Å². The molecule has 0 radical (unpaired) electrons. The molecule has 11 N–H and O–H groups in total. The number of aliphatic hydroxyl groups excluding tert-OH is 2. The maximum Gasteiger partial charge on any atom is 0.481 e. The number of hydrogen-bond donors (Lipinski definition) is 10. The predicted molar refractivity (Wildman–Crippen MR) is 221 cm³/mol. The fraction of sp³-hybridized carbons (Fsp3) is 0.667. The fourth-order valence-corrected chi connectivity index (χ4v) is 9.23. The molecule has 0 aromatic carbocycles. The number of rotatable bonds is 29. The van der Waals surface area contributed by atoms with Crippen molar-refractivity contribution in [3.05, 3.63) is 24.8 Å². The molecular formula is C33H54N7O19P3S. The van der Waals surface area contributed by atoms with Crippen LogP contribution in [0.25, 0.3) is 11.2 Å². The van der Waals surface area contributed by atoms with Crippen LogP contribution < -0.4 is 16.4 Å². The van der Waals surface area contributed by atoms with Crippen molar-refractivity contribution in [3.8, 4) is 0 Å². The van der Waals surface area contributed by atoms with E-state index >= 15 is 0 Å². The predicted octanol–water partition coefficient (Wildman–Crippen LogP) is 1.43. The van der Waals surface area contributed by atoms with E-state index in [0.717, 1.165) is 54.7 Å². The largest absolute Gasteiger partial charge is 0.481 e. The summed E-state index contributed by atoms with van der Waals surface area (Å²) in [5.41, 5.74) is 4.24. The van der Waals surface area contributed by atoms with Crippen LogP contribution >= 0.6 is 35.2 Å². The molecule has 26 nitrogen and oxygen atoms in total. The van der Waals surface area contributed by atoms with Gasteiger partial charge >= 0.3 is 29.4 Å². The van der Waals surface area contributed by atoms with Crippen LogP contribution in [0.15, 0.2) is 24.8 Å². The van der Waals surface area contributed by atoms with Crippen molar-refractivity contribution < 1.29 is 90.4 Å². The highest BCUT2D eigenvalue weighted by molar-refractivity contribution is 8.13. The topological polar surface area (TPSA) is 401 Å². The van der Waals surface area contributed by atoms with Crippen LogP contribution in [-0.2, 0) is 55.5 Å². The van der Waals surface area contributed by atoms with Crippen LogP contribution in [0.3, 0.4) is 0 Å². The molecule has 0 bridgehead atoms. The van der Waals surface area contributed by atoms with Crippen molar-refractivity contribution in [1.29, 1.82) is 0 Å². The lowest BCUT2D eigenvalue weighted by molar-refractivity contribution is -0.137. The summed E-state index contributed by atoms with van der Waals surface area (Å²) >= 11 is 1.09. The van der Waals surface area contributed by atoms with E-state index < -0.39 is 90.5 Å². The Hall–Kier alpha value is -3.23. The molecule has 2 aromatic rings. The summed E-state index contributed by atoms with van der Waals surface area (Å²) in [6, 6.07) is 0. The number of aliphatic carboxylic acids is 1. The van der Waals surface area contributed by atoms with E-state index in [-0.39, 0.29) is 48.0 Å². The quantitative estimate of drug-likeness (QED) is 0.0313.